The average Bonchev–Trinajstić information content (AvgIpc) is 3.25. The van der Waals surface area contributed by atoms with Gasteiger partial charge in [0.2, 0.25) is 10.0 Å². The average molecular weight is 483 g/mol. The number of benzene rings is 2. The minimum absolute atomic E-state index is 0.0413. The Morgan fingerprint density at radius 1 is 1.12 bits per heavy atom. The number of nitrogens with one attached hydrogen (secondary N) is 1. The van der Waals surface area contributed by atoms with E-state index < -0.39 is 39.7 Å². The molecule has 1 aliphatic carbocycles. The van der Waals surface area contributed by atoms with Gasteiger partial charge in [-0.1, -0.05) is 36.6 Å². The van der Waals surface area contributed by atoms with Gasteiger partial charge in [0.25, 0.3) is 5.91 Å². The highest BCUT2D eigenvalue weighted by molar-refractivity contribution is 7.89. The molecule has 0 unspecified atom stereocenters. The summed E-state index contributed by atoms with van der Waals surface area (Å²) in [5.74, 6) is -1.61. The fraction of sp³-hybridized carbons (Fsp3) is 0.364. The molecule has 0 saturated heterocycles. The van der Waals surface area contributed by atoms with Crippen LogP contribution in [0.15, 0.2) is 47.4 Å². The summed E-state index contributed by atoms with van der Waals surface area (Å²) in [7, 11) is -0.938. The van der Waals surface area contributed by atoms with Gasteiger partial charge in [0.05, 0.1) is 21.0 Å². The summed E-state index contributed by atoms with van der Waals surface area (Å²) >= 11 is 6.09. The Balaban J connectivity index is 1.70. The lowest BCUT2D eigenvalue weighted by atomic mass is 9.79. The summed E-state index contributed by atoms with van der Waals surface area (Å²) in [4.78, 5) is 25.3. The highest BCUT2D eigenvalue weighted by atomic mass is 35.5. The Hall–Kier alpha value is -2.49. The van der Waals surface area contributed by atoms with Gasteiger partial charge in [-0.25, -0.2) is 17.1 Å². The smallest absolute Gasteiger partial charge is 0.317 e. The molecule has 1 aliphatic rings. The number of halogens is 2. The molecule has 0 aromatic heterocycles. The number of amides is 1. The van der Waals surface area contributed by atoms with Crippen LogP contribution in [0.3, 0.4) is 0 Å². The number of anilines is 1. The van der Waals surface area contributed by atoms with E-state index in [1.165, 1.54) is 44.4 Å². The van der Waals surface area contributed by atoms with Gasteiger partial charge in [0.1, 0.15) is 5.82 Å². The van der Waals surface area contributed by atoms with Gasteiger partial charge >= 0.3 is 5.97 Å². The van der Waals surface area contributed by atoms with Crippen LogP contribution in [-0.2, 0) is 29.8 Å². The van der Waals surface area contributed by atoms with E-state index >= 15 is 0 Å². The SMILES string of the molecule is CN(C)S(=O)(=O)c1ccc(Cl)c(NC(=O)COC(=O)C2(c3ccc(F)cc3)CCCC2)c1. The number of carbonyl (C=O) groups excluding carboxylic acids is 2. The van der Waals surface area contributed by atoms with Gasteiger partial charge in [-0.15, -0.1) is 0 Å². The number of hydrogen-bond donors (Lipinski definition) is 1. The number of nitrogens with zero attached hydrogens (tertiary/aromatic N) is 1. The molecule has 7 nitrogen and oxygen atoms in total. The van der Waals surface area contributed by atoms with Crippen molar-refractivity contribution in [2.24, 2.45) is 0 Å². The Labute approximate surface area is 191 Å². The number of hydrogen-bond acceptors (Lipinski definition) is 5. The predicted molar refractivity (Wildman–Crippen MR) is 118 cm³/mol. The van der Waals surface area contributed by atoms with Crippen LogP contribution in [-0.4, -0.2) is 45.3 Å². The normalized spacial score (nSPS) is 15.5. The quantitative estimate of drug-likeness (QED) is 0.607. The summed E-state index contributed by atoms with van der Waals surface area (Å²) in [6.45, 7) is -0.567. The number of esters is 1. The molecule has 0 atom stereocenters. The first-order chi connectivity index (χ1) is 15.1. The highest BCUT2D eigenvalue weighted by Crippen LogP contribution is 2.42. The van der Waals surface area contributed by atoms with Crippen LogP contribution in [0.25, 0.3) is 0 Å². The third kappa shape index (κ3) is 4.95. The Morgan fingerprint density at radius 2 is 1.75 bits per heavy atom. The molecule has 32 heavy (non-hydrogen) atoms. The van der Waals surface area contributed by atoms with E-state index in [2.05, 4.69) is 5.32 Å². The van der Waals surface area contributed by atoms with Gasteiger partial charge in [0, 0.05) is 14.1 Å². The molecule has 10 heteroatoms. The number of ether oxygens (including phenoxy) is 1. The zero-order chi connectivity index (χ0) is 23.5. The standard InChI is InChI=1S/C22H24ClFN2O5S/c1-26(2)32(29,30)17-9-10-18(23)19(13-17)25-20(27)14-31-21(28)22(11-3-4-12-22)15-5-7-16(24)8-6-15/h5-10,13H,3-4,11-12,14H2,1-2H3,(H,25,27). The van der Waals surface area contributed by atoms with E-state index in [0.717, 1.165) is 17.1 Å². The first kappa shape index (κ1) is 24.2. The fourth-order valence-electron chi connectivity index (χ4n) is 3.79. The lowest BCUT2D eigenvalue weighted by molar-refractivity contribution is -0.153. The van der Waals surface area contributed by atoms with Crippen molar-refractivity contribution in [3.8, 4) is 0 Å². The summed E-state index contributed by atoms with van der Waals surface area (Å²) < 4.78 is 44.3. The first-order valence-corrected chi connectivity index (χ1v) is 11.8. The molecule has 1 saturated carbocycles. The van der Waals surface area contributed by atoms with Crippen molar-refractivity contribution in [1.29, 1.82) is 0 Å². The maximum absolute atomic E-state index is 13.3. The second kappa shape index (κ2) is 9.56. The van der Waals surface area contributed by atoms with Gasteiger partial charge in [-0.3, -0.25) is 9.59 Å². The lowest BCUT2D eigenvalue weighted by Crippen LogP contribution is -2.36. The summed E-state index contributed by atoms with van der Waals surface area (Å²) in [6, 6.07) is 9.67. The first-order valence-electron chi connectivity index (χ1n) is 10.0. The van der Waals surface area contributed by atoms with Gasteiger partial charge in [0.15, 0.2) is 6.61 Å². The van der Waals surface area contributed by atoms with Crippen LogP contribution >= 0.6 is 11.6 Å². The second-order valence-electron chi connectivity index (χ2n) is 7.85. The Bertz CT molecular complexity index is 1110. The van der Waals surface area contributed by atoms with Crippen molar-refractivity contribution >= 4 is 39.2 Å². The molecule has 172 valence electrons. The summed E-state index contributed by atoms with van der Waals surface area (Å²) in [5.41, 5.74) is -0.165. The fourth-order valence-corrected chi connectivity index (χ4v) is 4.88. The topological polar surface area (TPSA) is 92.8 Å². The van der Waals surface area contributed by atoms with Crippen molar-refractivity contribution in [3.63, 3.8) is 0 Å². The van der Waals surface area contributed by atoms with E-state index in [0.29, 0.717) is 18.4 Å². The molecule has 0 spiro atoms. The van der Waals surface area contributed by atoms with Crippen molar-refractivity contribution in [1.82, 2.24) is 4.31 Å². The molecule has 0 bridgehead atoms. The lowest BCUT2D eigenvalue weighted by Gasteiger charge is -2.27. The van der Waals surface area contributed by atoms with Crippen molar-refractivity contribution in [2.75, 3.05) is 26.0 Å². The molecular formula is C22H24ClFN2O5S. The van der Waals surface area contributed by atoms with Gasteiger partial charge in [-0.2, -0.15) is 0 Å². The molecule has 1 fully saturated rings. The van der Waals surface area contributed by atoms with E-state index in [1.54, 1.807) is 12.1 Å². The van der Waals surface area contributed by atoms with Crippen LogP contribution in [0.1, 0.15) is 31.2 Å². The monoisotopic (exact) mass is 482 g/mol. The van der Waals surface area contributed by atoms with Crippen molar-refractivity contribution in [3.05, 3.63) is 58.9 Å². The Kier molecular flexibility index (Phi) is 7.22. The van der Waals surface area contributed by atoms with Crippen LogP contribution in [0.5, 0.6) is 0 Å². The highest BCUT2D eigenvalue weighted by Gasteiger charge is 2.44. The van der Waals surface area contributed by atoms with Crippen LogP contribution in [0.4, 0.5) is 10.1 Å². The van der Waals surface area contributed by atoms with Crippen LogP contribution in [0.2, 0.25) is 5.02 Å². The van der Waals surface area contributed by atoms with Crippen molar-refractivity contribution < 1.29 is 27.1 Å². The minimum atomic E-state index is -3.72. The Morgan fingerprint density at radius 3 is 2.34 bits per heavy atom. The van der Waals surface area contributed by atoms with E-state index in [-0.39, 0.29) is 15.6 Å². The largest absolute Gasteiger partial charge is 0.455 e. The number of rotatable bonds is 7. The van der Waals surface area contributed by atoms with Crippen LogP contribution < -0.4 is 5.32 Å². The number of carbonyl (C=O) groups is 2. The summed E-state index contributed by atoms with van der Waals surface area (Å²) in [5, 5.41) is 2.63. The zero-order valence-electron chi connectivity index (χ0n) is 17.7. The molecule has 1 N–H and O–H groups in total. The van der Waals surface area contributed by atoms with Crippen LogP contribution in [0, 0.1) is 5.82 Å². The molecule has 2 aromatic carbocycles. The molecular weight excluding hydrogens is 459 g/mol. The molecule has 0 heterocycles. The predicted octanol–water partition coefficient (Wildman–Crippen LogP) is 3.72. The van der Waals surface area contributed by atoms with E-state index in [1.807, 2.05) is 0 Å². The summed E-state index contributed by atoms with van der Waals surface area (Å²) in [6.07, 6.45) is 2.74. The third-order valence-electron chi connectivity index (χ3n) is 5.57. The zero-order valence-corrected chi connectivity index (χ0v) is 19.3. The molecule has 3 rings (SSSR count). The molecule has 0 aliphatic heterocycles. The maximum atomic E-state index is 13.3. The minimum Gasteiger partial charge on any atom is -0.455 e. The van der Waals surface area contributed by atoms with Crippen molar-refractivity contribution in [2.45, 2.75) is 36.0 Å². The molecule has 0 radical (unpaired) electrons. The van der Waals surface area contributed by atoms with E-state index in [4.69, 9.17) is 16.3 Å². The van der Waals surface area contributed by atoms with E-state index in [9.17, 15) is 22.4 Å². The van der Waals surface area contributed by atoms with Gasteiger partial charge < -0.3 is 10.1 Å². The maximum Gasteiger partial charge on any atom is 0.317 e. The van der Waals surface area contributed by atoms with Gasteiger partial charge in [-0.05, 0) is 48.7 Å². The number of sulfonamides is 1. The molecule has 2 aromatic rings. The third-order valence-corrected chi connectivity index (χ3v) is 7.71. The molecule has 1 amide bonds. The second-order valence-corrected chi connectivity index (χ2v) is 10.4.